The van der Waals surface area contributed by atoms with Gasteiger partial charge in [-0.15, -0.1) is 0 Å². The molecule has 0 saturated carbocycles. The SMILES string of the molecule is CC(C)(C)OC(=O)NC(COc1ccc2cnccc2c1Br)Cc1ccccc1. The molecule has 0 aliphatic heterocycles. The van der Waals surface area contributed by atoms with Gasteiger partial charge in [0.25, 0.3) is 0 Å². The Balaban J connectivity index is 1.74. The lowest BCUT2D eigenvalue weighted by atomic mass is 10.1. The van der Waals surface area contributed by atoms with Gasteiger partial charge in [0.15, 0.2) is 0 Å². The number of carbonyl (C=O) groups is 1. The van der Waals surface area contributed by atoms with Crippen molar-refractivity contribution in [3.63, 3.8) is 0 Å². The molecule has 6 heteroatoms. The zero-order valence-corrected chi connectivity index (χ0v) is 18.4. The van der Waals surface area contributed by atoms with Crippen LogP contribution in [0.4, 0.5) is 4.79 Å². The van der Waals surface area contributed by atoms with Gasteiger partial charge in [-0.25, -0.2) is 4.79 Å². The number of nitrogens with one attached hydrogen (secondary N) is 1. The molecule has 1 aromatic heterocycles. The van der Waals surface area contributed by atoms with Crippen molar-refractivity contribution in [3.05, 3.63) is 71.0 Å². The summed E-state index contributed by atoms with van der Waals surface area (Å²) in [5.74, 6) is 0.716. The number of hydrogen-bond acceptors (Lipinski definition) is 4. The van der Waals surface area contributed by atoms with E-state index in [1.54, 1.807) is 6.20 Å². The largest absolute Gasteiger partial charge is 0.490 e. The first-order valence-corrected chi connectivity index (χ1v) is 10.3. The van der Waals surface area contributed by atoms with Gasteiger partial charge in [0.2, 0.25) is 0 Å². The minimum atomic E-state index is -0.558. The van der Waals surface area contributed by atoms with E-state index < -0.39 is 11.7 Å². The number of ether oxygens (including phenoxy) is 2. The highest BCUT2D eigenvalue weighted by molar-refractivity contribution is 9.10. The summed E-state index contributed by atoms with van der Waals surface area (Å²) in [6.07, 6.45) is 3.74. The van der Waals surface area contributed by atoms with E-state index in [4.69, 9.17) is 9.47 Å². The fraction of sp³-hybridized carbons (Fsp3) is 0.304. The lowest BCUT2D eigenvalue weighted by Gasteiger charge is -2.24. The molecule has 1 heterocycles. The Morgan fingerprint density at radius 2 is 1.90 bits per heavy atom. The van der Waals surface area contributed by atoms with Gasteiger partial charge < -0.3 is 14.8 Å². The van der Waals surface area contributed by atoms with Gasteiger partial charge in [0.05, 0.1) is 10.5 Å². The van der Waals surface area contributed by atoms with Crippen molar-refractivity contribution < 1.29 is 14.3 Å². The molecule has 3 rings (SSSR count). The van der Waals surface area contributed by atoms with Crippen molar-refractivity contribution in [2.45, 2.75) is 38.8 Å². The summed E-state index contributed by atoms with van der Waals surface area (Å²) < 4.78 is 12.4. The Hall–Kier alpha value is -2.60. The van der Waals surface area contributed by atoms with Crippen molar-refractivity contribution >= 4 is 32.8 Å². The molecule has 1 atom stereocenters. The minimum Gasteiger partial charge on any atom is -0.490 e. The average molecular weight is 457 g/mol. The number of aromatic nitrogens is 1. The highest BCUT2D eigenvalue weighted by atomic mass is 79.9. The Morgan fingerprint density at radius 1 is 1.14 bits per heavy atom. The van der Waals surface area contributed by atoms with Gasteiger partial charge in [-0.1, -0.05) is 30.3 Å². The molecule has 1 amide bonds. The molecular weight excluding hydrogens is 432 g/mol. The van der Waals surface area contributed by atoms with Crippen molar-refractivity contribution in [2.24, 2.45) is 0 Å². The summed E-state index contributed by atoms with van der Waals surface area (Å²) in [6.45, 7) is 5.84. The molecule has 1 unspecified atom stereocenters. The van der Waals surface area contributed by atoms with Gasteiger partial charge in [-0.05, 0) is 66.9 Å². The number of benzene rings is 2. The van der Waals surface area contributed by atoms with Crippen LogP contribution in [0.15, 0.2) is 65.4 Å². The molecule has 29 heavy (non-hydrogen) atoms. The molecule has 0 fully saturated rings. The Labute approximate surface area is 179 Å². The predicted octanol–water partition coefficient (Wildman–Crippen LogP) is 5.51. The monoisotopic (exact) mass is 456 g/mol. The smallest absolute Gasteiger partial charge is 0.408 e. The van der Waals surface area contributed by atoms with E-state index in [0.717, 1.165) is 20.8 Å². The maximum atomic E-state index is 12.3. The van der Waals surface area contributed by atoms with Crippen LogP contribution in [0.25, 0.3) is 10.8 Å². The first-order valence-electron chi connectivity index (χ1n) is 9.50. The molecule has 0 aliphatic rings. The third kappa shape index (κ3) is 6.19. The molecule has 3 aromatic rings. The number of nitrogens with zero attached hydrogens (tertiary/aromatic N) is 1. The molecule has 152 valence electrons. The van der Waals surface area contributed by atoms with Crippen LogP contribution in [0, 0.1) is 0 Å². The van der Waals surface area contributed by atoms with Crippen LogP contribution in [0.2, 0.25) is 0 Å². The summed E-state index contributed by atoms with van der Waals surface area (Å²) in [6, 6.07) is 15.6. The average Bonchev–Trinajstić information content (AvgIpc) is 2.67. The number of fused-ring (bicyclic) bond motifs is 1. The van der Waals surface area contributed by atoms with Crippen LogP contribution in [0.1, 0.15) is 26.3 Å². The van der Waals surface area contributed by atoms with E-state index in [1.165, 1.54) is 0 Å². The standard InChI is InChI=1S/C23H25BrN2O3/c1-23(2,3)29-22(27)26-18(13-16-7-5-4-6-8-16)15-28-20-10-9-17-14-25-12-11-19(17)21(20)24/h4-12,14,18H,13,15H2,1-3H3,(H,26,27). The molecule has 0 aliphatic carbocycles. The van der Waals surface area contributed by atoms with Crippen LogP contribution in [-0.4, -0.2) is 29.3 Å². The van der Waals surface area contributed by atoms with Crippen molar-refractivity contribution in [3.8, 4) is 5.75 Å². The predicted molar refractivity (Wildman–Crippen MR) is 118 cm³/mol. The Kier molecular flexibility index (Phi) is 6.75. The van der Waals surface area contributed by atoms with Crippen molar-refractivity contribution in [1.29, 1.82) is 0 Å². The number of hydrogen-bond donors (Lipinski definition) is 1. The van der Waals surface area contributed by atoms with Crippen LogP contribution in [0.5, 0.6) is 5.75 Å². The van der Waals surface area contributed by atoms with Crippen molar-refractivity contribution in [1.82, 2.24) is 10.3 Å². The molecule has 2 aromatic carbocycles. The fourth-order valence-electron chi connectivity index (χ4n) is 2.94. The molecule has 5 nitrogen and oxygen atoms in total. The topological polar surface area (TPSA) is 60.5 Å². The van der Waals surface area contributed by atoms with Gasteiger partial charge in [-0.3, -0.25) is 4.98 Å². The van der Waals surface area contributed by atoms with E-state index in [2.05, 4.69) is 26.2 Å². The second-order valence-corrected chi connectivity index (χ2v) is 8.61. The molecule has 0 saturated heterocycles. The molecule has 1 N–H and O–H groups in total. The van der Waals surface area contributed by atoms with Gasteiger partial charge >= 0.3 is 6.09 Å². The van der Waals surface area contributed by atoms with Crippen LogP contribution in [-0.2, 0) is 11.2 Å². The molecule has 0 spiro atoms. The summed E-state index contributed by atoms with van der Waals surface area (Å²) >= 11 is 3.62. The highest BCUT2D eigenvalue weighted by Crippen LogP contribution is 2.32. The van der Waals surface area contributed by atoms with E-state index in [1.807, 2.05) is 75.5 Å². The number of alkyl carbamates (subject to hydrolysis) is 1. The van der Waals surface area contributed by atoms with E-state index in [9.17, 15) is 4.79 Å². The summed E-state index contributed by atoms with van der Waals surface area (Å²) in [7, 11) is 0. The number of pyridine rings is 1. The van der Waals surface area contributed by atoms with E-state index >= 15 is 0 Å². The quantitative estimate of drug-likeness (QED) is 0.530. The van der Waals surface area contributed by atoms with E-state index in [0.29, 0.717) is 18.8 Å². The van der Waals surface area contributed by atoms with Gasteiger partial charge in [0, 0.05) is 23.2 Å². The highest BCUT2D eigenvalue weighted by Gasteiger charge is 2.21. The zero-order valence-electron chi connectivity index (χ0n) is 16.8. The maximum absolute atomic E-state index is 12.3. The summed E-state index contributed by atoms with van der Waals surface area (Å²) in [5.41, 5.74) is 0.554. The third-order valence-corrected chi connectivity index (χ3v) is 5.02. The molecular formula is C23H25BrN2O3. The Bertz CT molecular complexity index is 971. The lowest BCUT2D eigenvalue weighted by Crippen LogP contribution is -2.43. The van der Waals surface area contributed by atoms with Gasteiger partial charge in [-0.2, -0.15) is 0 Å². The van der Waals surface area contributed by atoms with Gasteiger partial charge in [0.1, 0.15) is 18.0 Å². The summed E-state index contributed by atoms with van der Waals surface area (Å²) in [5, 5.41) is 4.99. The number of carbonyl (C=O) groups excluding carboxylic acids is 1. The molecule has 0 radical (unpaired) electrons. The number of amides is 1. The van der Waals surface area contributed by atoms with Crippen LogP contribution < -0.4 is 10.1 Å². The molecule has 0 bridgehead atoms. The van der Waals surface area contributed by atoms with E-state index in [-0.39, 0.29) is 6.04 Å². The first kappa shape index (κ1) is 21.1. The third-order valence-electron chi connectivity index (χ3n) is 4.20. The van der Waals surface area contributed by atoms with Crippen LogP contribution >= 0.6 is 15.9 Å². The number of rotatable bonds is 6. The fourth-order valence-corrected chi connectivity index (χ4v) is 3.54. The Morgan fingerprint density at radius 3 is 2.62 bits per heavy atom. The van der Waals surface area contributed by atoms with Crippen LogP contribution in [0.3, 0.4) is 0 Å². The lowest BCUT2D eigenvalue weighted by molar-refractivity contribution is 0.0487. The van der Waals surface area contributed by atoms with Crippen molar-refractivity contribution in [2.75, 3.05) is 6.61 Å². The second kappa shape index (κ2) is 9.27. The second-order valence-electron chi connectivity index (χ2n) is 7.82. The maximum Gasteiger partial charge on any atom is 0.408 e. The normalized spacial score (nSPS) is 12.4. The first-order chi connectivity index (χ1) is 13.8. The summed E-state index contributed by atoms with van der Waals surface area (Å²) in [4.78, 5) is 16.5. The minimum absolute atomic E-state index is 0.243. The zero-order chi connectivity index (χ0) is 20.9. The number of halogens is 1.